The molecule has 1 aromatic rings. The molecule has 1 heterocycles. The summed E-state index contributed by atoms with van der Waals surface area (Å²) >= 11 is 5.69. The van der Waals surface area contributed by atoms with Crippen molar-refractivity contribution in [1.29, 1.82) is 0 Å². The zero-order valence-corrected chi connectivity index (χ0v) is 7.69. The number of nitrogens with zero attached hydrogens (tertiary/aromatic N) is 1. The molecule has 0 spiro atoms. The lowest BCUT2D eigenvalue weighted by Gasteiger charge is -2.02. The standard InChI is InChI=1S/C7H9ClN2.ClH/c1-5(9)7-4-6(8)2-3-10-7;/h2-5H,9H2,1H3;1H/t5-;/m0./s1. The predicted molar refractivity (Wildman–Crippen MR) is 49.1 cm³/mol. The lowest BCUT2D eigenvalue weighted by atomic mass is 10.2. The predicted octanol–water partition coefficient (Wildman–Crippen LogP) is 2.18. The molecule has 62 valence electrons. The highest BCUT2D eigenvalue weighted by Gasteiger charge is 1.99. The Morgan fingerprint density at radius 3 is 2.64 bits per heavy atom. The van der Waals surface area contributed by atoms with Crippen LogP contribution in [0.2, 0.25) is 5.02 Å². The molecular formula is C7H10Cl2N2. The van der Waals surface area contributed by atoms with Crippen LogP contribution in [-0.4, -0.2) is 4.98 Å². The average molecular weight is 193 g/mol. The molecule has 0 radical (unpaired) electrons. The minimum atomic E-state index is -0.0429. The molecule has 4 heteroatoms. The molecule has 2 nitrogen and oxygen atoms in total. The van der Waals surface area contributed by atoms with Crippen LogP contribution in [0, 0.1) is 0 Å². The molecule has 0 aliphatic heterocycles. The second-order valence-electron chi connectivity index (χ2n) is 2.19. The Morgan fingerprint density at radius 1 is 1.64 bits per heavy atom. The fourth-order valence-corrected chi connectivity index (χ4v) is 0.838. The molecule has 0 saturated heterocycles. The highest BCUT2D eigenvalue weighted by molar-refractivity contribution is 6.30. The quantitative estimate of drug-likeness (QED) is 0.742. The summed E-state index contributed by atoms with van der Waals surface area (Å²) in [6.07, 6.45) is 1.65. The van der Waals surface area contributed by atoms with Crippen molar-refractivity contribution < 1.29 is 0 Å². The molecule has 1 aromatic heterocycles. The van der Waals surface area contributed by atoms with E-state index in [0.717, 1.165) is 5.69 Å². The Morgan fingerprint density at radius 2 is 2.27 bits per heavy atom. The molecule has 0 bridgehead atoms. The number of pyridine rings is 1. The molecule has 1 rings (SSSR count). The molecule has 0 amide bonds. The number of aromatic nitrogens is 1. The van der Waals surface area contributed by atoms with Crippen molar-refractivity contribution in [3.05, 3.63) is 29.0 Å². The molecule has 0 aliphatic carbocycles. The van der Waals surface area contributed by atoms with Gasteiger partial charge in [0.2, 0.25) is 0 Å². The van der Waals surface area contributed by atoms with E-state index in [1.165, 1.54) is 0 Å². The minimum Gasteiger partial charge on any atom is -0.323 e. The van der Waals surface area contributed by atoms with Crippen LogP contribution in [0.15, 0.2) is 18.3 Å². The van der Waals surface area contributed by atoms with E-state index in [9.17, 15) is 0 Å². The van der Waals surface area contributed by atoms with Crippen molar-refractivity contribution in [2.45, 2.75) is 13.0 Å². The van der Waals surface area contributed by atoms with Crippen LogP contribution in [0.1, 0.15) is 18.7 Å². The molecule has 0 fully saturated rings. The van der Waals surface area contributed by atoms with E-state index in [4.69, 9.17) is 17.3 Å². The van der Waals surface area contributed by atoms with Gasteiger partial charge in [0.1, 0.15) is 0 Å². The van der Waals surface area contributed by atoms with Gasteiger partial charge in [0.25, 0.3) is 0 Å². The zero-order chi connectivity index (χ0) is 7.56. The fourth-order valence-electron chi connectivity index (χ4n) is 0.670. The minimum absolute atomic E-state index is 0. The van der Waals surface area contributed by atoms with Gasteiger partial charge in [-0.25, -0.2) is 0 Å². The molecular weight excluding hydrogens is 183 g/mol. The van der Waals surface area contributed by atoms with Crippen LogP contribution >= 0.6 is 24.0 Å². The van der Waals surface area contributed by atoms with Crippen LogP contribution in [0.25, 0.3) is 0 Å². The third kappa shape index (κ3) is 3.06. The van der Waals surface area contributed by atoms with Gasteiger partial charge in [0, 0.05) is 17.3 Å². The topological polar surface area (TPSA) is 38.9 Å². The van der Waals surface area contributed by atoms with Gasteiger partial charge in [0.15, 0.2) is 0 Å². The third-order valence-electron chi connectivity index (χ3n) is 1.21. The van der Waals surface area contributed by atoms with Crippen LogP contribution < -0.4 is 5.73 Å². The summed E-state index contributed by atoms with van der Waals surface area (Å²) in [5.41, 5.74) is 6.39. The largest absolute Gasteiger partial charge is 0.323 e. The lowest BCUT2D eigenvalue weighted by molar-refractivity contribution is 0.781. The number of hydrogen-bond acceptors (Lipinski definition) is 2. The molecule has 11 heavy (non-hydrogen) atoms. The van der Waals surface area contributed by atoms with Gasteiger partial charge < -0.3 is 5.73 Å². The van der Waals surface area contributed by atoms with Crippen molar-refractivity contribution in [3.8, 4) is 0 Å². The van der Waals surface area contributed by atoms with Crippen LogP contribution in [0.3, 0.4) is 0 Å². The molecule has 0 aromatic carbocycles. The van der Waals surface area contributed by atoms with Crippen LogP contribution in [-0.2, 0) is 0 Å². The fraction of sp³-hybridized carbons (Fsp3) is 0.286. The Balaban J connectivity index is 0.000001000. The number of hydrogen-bond donors (Lipinski definition) is 1. The molecule has 0 unspecified atom stereocenters. The number of halogens is 2. The third-order valence-corrected chi connectivity index (χ3v) is 1.44. The van der Waals surface area contributed by atoms with Crippen LogP contribution in [0.4, 0.5) is 0 Å². The van der Waals surface area contributed by atoms with Crippen molar-refractivity contribution >= 4 is 24.0 Å². The Bertz CT molecular complexity index is 225. The Labute approximate surface area is 77.2 Å². The highest BCUT2D eigenvalue weighted by Crippen LogP contribution is 2.11. The molecule has 0 aliphatic rings. The van der Waals surface area contributed by atoms with E-state index in [2.05, 4.69) is 4.98 Å². The maximum atomic E-state index is 5.69. The lowest BCUT2D eigenvalue weighted by Crippen LogP contribution is -2.06. The zero-order valence-electron chi connectivity index (χ0n) is 6.12. The molecule has 0 saturated carbocycles. The van der Waals surface area contributed by atoms with E-state index in [-0.39, 0.29) is 18.4 Å². The first kappa shape index (κ1) is 10.7. The van der Waals surface area contributed by atoms with Crippen molar-refractivity contribution in [2.24, 2.45) is 5.73 Å². The first-order valence-corrected chi connectivity index (χ1v) is 3.45. The van der Waals surface area contributed by atoms with E-state index < -0.39 is 0 Å². The van der Waals surface area contributed by atoms with Crippen LogP contribution in [0.5, 0.6) is 0 Å². The summed E-state index contributed by atoms with van der Waals surface area (Å²) in [5.74, 6) is 0. The van der Waals surface area contributed by atoms with Gasteiger partial charge in [-0.15, -0.1) is 12.4 Å². The van der Waals surface area contributed by atoms with Gasteiger partial charge >= 0.3 is 0 Å². The first-order valence-electron chi connectivity index (χ1n) is 3.07. The Kier molecular flexibility index (Phi) is 4.42. The average Bonchev–Trinajstić information content (AvgIpc) is 1.88. The van der Waals surface area contributed by atoms with Gasteiger partial charge in [-0.1, -0.05) is 11.6 Å². The summed E-state index contributed by atoms with van der Waals surface area (Å²) in [6.45, 7) is 1.87. The second kappa shape index (κ2) is 4.54. The summed E-state index contributed by atoms with van der Waals surface area (Å²) < 4.78 is 0. The van der Waals surface area contributed by atoms with Crippen molar-refractivity contribution in [1.82, 2.24) is 4.98 Å². The van der Waals surface area contributed by atoms with E-state index in [0.29, 0.717) is 5.02 Å². The highest BCUT2D eigenvalue weighted by atomic mass is 35.5. The summed E-state index contributed by atoms with van der Waals surface area (Å²) in [7, 11) is 0. The maximum Gasteiger partial charge on any atom is 0.0582 e. The monoisotopic (exact) mass is 192 g/mol. The van der Waals surface area contributed by atoms with Crippen molar-refractivity contribution in [2.75, 3.05) is 0 Å². The van der Waals surface area contributed by atoms with Gasteiger partial charge in [-0.05, 0) is 19.1 Å². The number of rotatable bonds is 1. The molecule has 2 N–H and O–H groups in total. The van der Waals surface area contributed by atoms with Gasteiger partial charge in [-0.3, -0.25) is 4.98 Å². The smallest absolute Gasteiger partial charge is 0.0582 e. The summed E-state index contributed by atoms with van der Waals surface area (Å²) in [6, 6.07) is 3.46. The van der Waals surface area contributed by atoms with Gasteiger partial charge in [0.05, 0.1) is 5.69 Å². The SMILES string of the molecule is C[C@H](N)c1cc(Cl)ccn1.Cl. The van der Waals surface area contributed by atoms with Crippen molar-refractivity contribution in [3.63, 3.8) is 0 Å². The molecule has 1 atom stereocenters. The maximum absolute atomic E-state index is 5.69. The Hall–Kier alpha value is -0.310. The number of nitrogens with two attached hydrogens (primary N) is 1. The van der Waals surface area contributed by atoms with E-state index >= 15 is 0 Å². The van der Waals surface area contributed by atoms with Gasteiger partial charge in [-0.2, -0.15) is 0 Å². The summed E-state index contributed by atoms with van der Waals surface area (Å²) in [4.78, 5) is 4.03. The van der Waals surface area contributed by atoms with E-state index in [1.54, 1.807) is 18.3 Å². The normalized spacial score (nSPS) is 11.9. The van der Waals surface area contributed by atoms with E-state index in [1.807, 2.05) is 6.92 Å². The summed E-state index contributed by atoms with van der Waals surface area (Å²) in [5, 5.41) is 0.683. The second-order valence-corrected chi connectivity index (χ2v) is 2.62. The first-order chi connectivity index (χ1) is 4.70.